The highest BCUT2D eigenvalue weighted by atomic mass is 16.5. The van der Waals surface area contributed by atoms with E-state index in [0.717, 1.165) is 29.7 Å². The molecule has 0 saturated heterocycles. The SMILES string of the molecule is NC(=NCCc1c[nH]c2ccccc12)NC1CCOc2ccccc21. The van der Waals surface area contributed by atoms with Gasteiger partial charge in [0.15, 0.2) is 5.96 Å². The Hall–Kier alpha value is -2.95. The molecule has 0 fully saturated rings. The highest BCUT2D eigenvalue weighted by molar-refractivity contribution is 5.83. The molecule has 5 heteroatoms. The van der Waals surface area contributed by atoms with Crippen LogP contribution >= 0.6 is 0 Å². The number of nitrogens with zero attached hydrogens (tertiary/aromatic N) is 1. The predicted octanol–water partition coefficient (Wildman–Crippen LogP) is 3.14. The second-order valence-electron chi connectivity index (χ2n) is 6.25. The summed E-state index contributed by atoms with van der Waals surface area (Å²) in [7, 11) is 0. The third-order valence-electron chi connectivity index (χ3n) is 4.62. The van der Waals surface area contributed by atoms with Crippen LogP contribution in [0.3, 0.4) is 0 Å². The summed E-state index contributed by atoms with van der Waals surface area (Å²) in [4.78, 5) is 7.80. The van der Waals surface area contributed by atoms with E-state index >= 15 is 0 Å². The number of guanidine groups is 1. The first-order chi connectivity index (χ1) is 12.3. The van der Waals surface area contributed by atoms with Crippen LogP contribution in [0.15, 0.2) is 59.7 Å². The van der Waals surface area contributed by atoms with Crippen molar-refractivity contribution in [2.24, 2.45) is 10.7 Å². The van der Waals surface area contributed by atoms with Crippen LogP contribution in [0.25, 0.3) is 10.9 Å². The van der Waals surface area contributed by atoms with Gasteiger partial charge in [-0.1, -0.05) is 36.4 Å². The van der Waals surface area contributed by atoms with Gasteiger partial charge in [0.05, 0.1) is 12.6 Å². The Morgan fingerprint density at radius 2 is 2.04 bits per heavy atom. The molecule has 5 nitrogen and oxygen atoms in total. The van der Waals surface area contributed by atoms with Crippen molar-refractivity contribution in [1.82, 2.24) is 10.3 Å². The van der Waals surface area contributed by atoms with Gasteiger partial charge >= 0.3 is 0 Å². The first kappa shape index (κ1) is 15.6. The van der Waals surface area contributed by atoms with E-state index in [4.69, 9.17) is 10.5 Å². The van der Waals surface area contributed by atoms with Gasteiger partial charge < -0.3 is 20.8 Å². The van der Waals surface area contributed by atoms with Gasteiger partial charge in [0.25, 0.3) is 0 Å². The van der Waals surface area contributed by atoms with E-state index in [2.05, 4.69) is 45.8 Å². The molecule has 0 aliphatic carbocycles. The molecular weight excluding hydrogens is 312 g/mol. The number of aromatic nitrogens is 1. The Kier molecular flexibility index (Phi) is 4.29. The molecule has 128 valence electrons. The fourth-order valence-corrected chi connectivity index (χ4v) is 3.35. The standard InChI is InChI=1S/C20H22N4O/c21-20(24-18-10-12-25-19-8-4-2-6-16(18)19)22-11-9-14-13-23-17-7-3-1-5-15(14)17/h1-8,13,18,23H,9-12H2,(H3,21,22,24). The first-order valence-electron chi connectivity index (χ1n) is 8.64. The molecule has 1 unspecified atom stereocenters. The summed E-state index contributed by atoms with van der Waals surface area (Å²) in [5.74, 6) is 1.42. The molecule has 0 bridgehead atoms. The number of nitrogens with one attached hydrogen (secondary N) is 2. The van der Waals surface area contributed by atoms with E-state index in [0.29, 0.717) is 19.1 Å². The molecule has 0 amide bonds. The van der Waals surface area contributed by atoms with Crippen molar-refractivity contribution in [3.05, 3.63) is 65.9 Å². The minimum atomic E-state index is 0.154. The van der Waals surface area contributed by atoms with Crippen molar-refractivity contribution in [1.29, 1.82) is 0 Å². The summed E-state index contributed by atoms with van der Waals surface area (Å²) in [6, 6.07) is 16.5. The van der Waals surface area contributed by atoms with Crippen molar-refractivity contribution in [3.8, 4) is 5.75 Å². The molecule has 1 atom stereocenters. The zero-order valence-electron chi connectivity index (χ0n) is 14.0. The molecule has 1 aromatic heterocycles. The van der Waals surface area contributed by atoms with Crippen LogP contribution < -0.4 is 15.8 Å². The van der Waals surface area contributed by atoms with Crippen molar-refractivity contribution in [2.45, 2.75) is 18.9 Å². The predicted molar refractivity (Wildman–Crippen MR) is 101 cm³/mol. The van der Waals surface area contributed by atoms with Crippen LogP contribution in [0.5, 0.6) is 5.75 Å². The number of benzene rings is 2. The zero-order chi connectivity index (χ0) is 17.1. The second-order valence-corrected chi connectivity index (χ2v) is 6.25. The minimum Gasteiger partial charge on any atom is -0.493 e. The Morgan fingerprint density at radius 1 is 1.20 bits per heavy atom. The quantitative estimate of drug-likeness (QED) is 0.507. The van der Waals surface area contributed by atoms with Gasteiger partial charge in [-0.15, -0.1) is 0 Å². The molecule has 4 rings (SSSR count). The highest BCUT2D eigenvalue weighted by Gasteiger charge is 2.21. The maximum absolute atomic E-state index is 6.10. The van der Waals surface area contributed by atoms with Crippen LogP contribution in [0, 0.1) is 0 Å². The third-order valence-corrected chi connectivity index (χ3v) is 4.62. The summed E-state index contributed by atoms with van der Waals surface area (Å²) in [5.41, 5.74) is 9.67. The molecule has 2 aromatic carbocycles. The Morgan fingerprint density at radius 3 is 3.00 bits per heavy atom. The number of aliphatic imine (C=N–C) groups is 1. The Balaban J connectivity index is 1.39. The lowest BCUT2D eigenvalue weighted by Gasteiger charge is -2.26. The number of nitrogens with two attached hydrogens (primary N) is 1. The molecule has 0 radical (unpaired) electrons. The van der Waals surface area contributed by atoms with Crippen molar-refractivity contribution < 1.29 is 4.74 Å². The number of fused-ring (bicyclic) bond motifs is 2. The van der Waals surface area contributed by atoms with Gasteiger partial charge in [0.2, 0.25) is 0 Å². The fraction of sp³-hybridized carbons (Fsp3) is 0.250. The molecule has 4 N–H and O–H groups in total. The van der Waals surface area contributed by atoms with Crippen LogP contribution in [-0.2, 0) is 6.42 Å². The molecule has 2 heterocycles. The maximum atomic E-state index is 6.10. The summed E-state index contributed by atoms with van der Waals surface area (Å²) < 4.78 is 5.68. The number of hydrogen-bond acceptors (Lipinski definition) is 2. The summed E-state index contributed by atoms with van der Waals surface area (Å²) >= 11 is 0. The lowest BCUT2D eigenvalue weighted by atomic mass is 10.0. The largest absolute Gasteiger partial charge is 0.493 e. The monoisotopic (exact) mass is 334 g/mol. The van der Waals surface area contributed by atoms with Gasteiger partial charge in [0, 0.05) is 35.6 Å². The zero-order valence-corrected chi connectivity index (χ0v) is 14.0. The van der Waals surface area contributed by atoms with Crippen LogP contribution in [-0.4, -0.2) is 24.1 Å². The van der Waals surface area contributed by atoms with Gasteiger partial charge in [-0.3, -0.25) is 4.99 Å². The first-order valence-corrected chi connectivity index (χ1v) is 8.64. The van der Waals surface area contributed by atoms with E-state index in [1.165, 1.54) is 10.9 Å². The number of aromatic amines is 1. The number of rotatable bonds is 4. The van der Waals surface area contributed by atoms with Crippen molar-refractivity contribution in [3.63, 3.8) is 0 Å². The number of H-pyrrole nitrogens is 1. The van der Waals surface area contributed by atoms with Gasteiger partial charge in [-0.05, 0) is 24.1 Å². The van der Waals surface area contributed by atoms with E-state index < -0.39 is 0 Å². The van der Waals surface area contributed by atoms with Gasteiger partial charge in [0.1, 0.15) is 5.75 Å². The fourth-order valence-electron chi connectivity index (χ4n) is 3.35. The lowest BCUT2D eigenvalue weighted by molar-refractivity contribution is 0.262. The van der Waals surface area contributed by atoms with Gasteiger partial charge in [-0.2, -0.15) is 0 Å². The van der Waals surface area contributed by atoms with E-state index in [1.807, 2.05) is 24.3 Å². The summed E-state index contributed by atoms with van der Waals surface area (Å²) in [6.07, 6.45) is 3.80. The smallest absolute Gasteiger partial charge is 0.189 e. The lowest BCUT2D eigenvalue weighted by Crippen LogP contribution is -2.37. The highest BCUT2D eigenvalue weighted by Crippen LogP contribution is 2.31. The molecule has 25 heavy (non-hydrogen) atoms. The van der Waals surface area contributed by atoms with Crippen molar-refractivity contribution in [2.75, 3.05) is 13.2 Å². The van der Waals surface area contributed by atoms with Gasteiger partial charge in [-0.25, -0.2) is 0 Å². The van der Waals surface area contributed by atoms with E-state index in [-0.39, 0.29) is 6.04 Å². The number of hydrogen-bond donors (Lipinski definition) is 3. The maximum Gasteiger partial charge on any atom is 0.189 e. The second kappa shape index (κ2) is 6.89. The molecule has 0 spiro atoms. The van der Waals surface area contributed by atoms with Crippen molar-refractivity contribution >= 4 is 16.9 Å². The molecule has 0 saturated carbocycles. The van der Waals surface area contributed by atoms with Crippen LogP contribution in [0.2, 0.25) is 0 Å². The van der Waals surface area contributed by atoms with Crippen LogP contribution in [0.4, 0.5) is 0 Å². The molecule has 3 aromatic rings. The average molecular weight is 334 g/mol. The molecule has 1 aliphatic rings. The summed E-state index contributed by atoms with van der Waals surface area (Å²) in [6.45, 7) is 1.35. The summed E-state index contributed by atoms with van der Waals surface area (Å²) in [5, 5.41) is 4.58. The third kappa shape index (κ3) is 3.31. The normalized spacial score (nSPS) is 17.1. The van der Waals surface area contributed by atoms with E-state index in [1.54, 1.807) is 0 Å². The van der Waals surface area contributed by atoms with E-state index in [9.17, 15) is 0 Å². The Labute approximate surface area is 146 Å². The topological polar surface area (TPSA) is 75.4 Å². The molecule has 1 aliphatic heterocycles. The number of ether oxygens (including phenoxy) is 1. The Bertz CT molecular complexity index is 899. The minimum absolute atomic E-state index is 0.154. The average Bonchev–Trinajstić information content (AvgIpc) is 3.05. The van der Waals surface area contributed by atoms with Crippen LogP contribution in [0.1, 0.15) is 23.6 Å². The molecular formula is C20H22N4O. The number of para-hydroxylation sites is 2.